The Morgan fingerprint density at radius 3 is 2.60 bits per heavy atom. The van der Waals surface area contributed by atoms with Crippen molar-refractivity contribution < 1.29 is 5.21 Å². The number of nitrogens with two attached hydrogens (primary N) is 1. The van der Waals surface area contributed by atoms with Crippen LogP contribution in [0.5, 0.6) is 0 Å². The summed E-state index contributed by atoms with van der Waals surface area (Å²) in [5.74, 6) is 0.259. The van der Waals surface area contributed by atoms with E-state index in [0.29, 0.717) is 6.04 Å². The molecule has 0 aromatic carbocycles. The lowest BCUT2D eigenvalue weighted by Crippen LogP contribution is -2.43. The first-order valence-electron chi connectivity index (χ1n) is 5.78. The second-order valence-electron chi connectivity index (χ2n) is 4.44. The largest absolute Gasteiger partial charge is 0.408 e. The molecule has 1 unspecified atom stereocenters. The van der Waals surface area contributed by atoms with Crippen LogP contribution in [0.2, 0.25) is 0 Å². The zero-order valence-electron chi connectivity index (χ0n) is 9.10. The Bertz CT molecular complexity index is 238. The van der Waals surface area contributed by atoms with E-state index in [1.54, 1.807) is 0 Å². The van der Waals surface area contributed by atoms with Gasteiger partial charge in [-0.2, -0.15) is 0 Å². The summed E-state index contributed by atoms with van der Waals surface area (Å²) in [6.07, 6.45) is 5.14. The predicted octanol–water partition coefficient (Wildman–Crippen LogP) is 0.250. The van der Waals surface area contributed by atoms with Gasteiger partial charge in [0.15, 0.2) is 0 Å². The number of guanidine groups is 1. The maximum absolute atomic E-state index is 8.60. The fraction of sp³-hybridized carbons (Fsp3) is 0.900. The van der Waals surface area contributed by atoms with Gasteiger partial charge in [0.25, 0.3) is 0 Å². The third-order valence-corrected chi connectivity index (χ3v) is 3.50. The molecule has 0 aliphatic carbocycles. The second-order valence-corrected chi connectivity index (χ2v) is 4.44. The molecule has 86 valence electrons. The van der Waals surface area contributed by atoms with Gasteiger partial charge in [0.05, 0.1) is 0 Å². The van der Waals surface area contributed by atoms with Crippen molar-refractivity contribution in [3.8, 4) is 0 Å². The average Bonchev–Trinajstić information content (AvgIpc) is 2.78. The topological polar surface area (TPSA) is 65.1 Å². The molecular weight excluding hydrogens is 192 g/mol. The molecule has 15 heavy (non-hydrogen) atoms. The third-order valence-electron chi connectivity index (χ3n) is 3.50. The van der Waals surface area contributed by atoms with Crippen LogP contribution in [-0.2, 0) is 0 Å². The van der Waals surface area contributed by atoms with Gasteiger partial charge in [-0.15, -0.1) is 0 Å². The molecule has 0 aromatic heterocycles. The molecule has 0 saturated carbocycles. The van der Waals surface area contributed by atoms with Crippen LogP contribution < -0.4 is 5.73 Å². The molecule has 5 nitrogen and oxygen atoms in total. The number of hydrogen-bond donors (Lipinski definition) is 2. The van der Waals surface area contributed by atoms with Crippen molar-refractivity contribution in [1.29, 1.82) is 0 Å². The first-order valence-corrected chi connectivity index (χ1v) is 5.78. The highest BCUT2D eigenvalue weighted by Crippen LogP contribution is 2.19. The van der Waals surface area contributed by atoms with Crippen LogP contribution in [0.1, 0.15) is 25.7 Å². The lowest BCUT2D eigenvalue weighted by Gasteiger charge is -2.32. The monoisotopic (exact) mass is 212 g/mol. The molecular formula is C10H20N4O. The molecule has 0 radical (unpaired) electrons. The molecule has 0 aromatic rings. The van der Waals surface area contributed by atoms with Gasteiger partial charge in [-0.3, -0.25) is 4.90 Å². The van der Waals surface area contributed by atoms with E-state index >= 15 is 0 Å². The zero-order valence-corrected chi connectivity index (χ0v) is 9.10. The molecule has 0 spiro atoms. The lowest BCUT2D eigenvalue weighted by atomic mass is 10.1. The Labute approximate surface area is 90.5 Å². The predicted molar refractivity (Wildman–Crippen MR) is 58.8 cm³/mol. The summed E-state index contributed by atoms with van der Waals surface area (Å²) >= 11 is 0. The van der Waals surface area contributed by atoms with E-state index in [1.807, 2.05) is 4.90 Å². The molecule has 2 aliphatic rings. The third kappa shape index (κ3) is 2.34. The minimum atomic E-state index is 0.259. The first kappa shape index (κ1) is 10.5. The molecule has 5 heteroatoms. The van der Waals surface area contributed by atoms with Crippen LogP contribution in [0.15, 0.2) is 5.16 Å². The van der Waals surface area contributed by atoms with E-state index in [2.05, 4.69) is 10.1 Å². The molecule has 3 N–H and O–H groups in total. The van der Waals surface area contributed by atoms with Gasteiger partial charge in [0.2, 0.25) is 5.96 Å². The van der Waals surface area contributed by atoms with Crippen LogP contribution in [-0.4, -0.2) is 53.2 Å². The molecule has 2 saturated heterocycles. The van der Waals surface area contributed by atoms with Gasteiger partial charge in [0, 0.05) is 19.1 Å². The first-order chi connectivity index (χ1) is 7.31. The van der Waals surface area contributed by atoms with E-state index in [1.165, 1.54) is 32.4 Å². The Morgan fingerprint density at radius 2 is 1.93 bits per heavy atom. The maximum atomic E-state index is 8.60. The molecule has 2 aliphatic heterocycles. The number of piperidine rings is 1. The summed E-state index contributed by atoms with van der Waals surface area (Å²) in [4.78, 5) is 4.51. The molecule has 0 amide bonds. The fourth-order valence-electron chi connectivity index (χ4n) is 2.59. The molecule has 2 fully saturated rings. The van der Waals surface area contributed by atoms with Crippen molar-refractivity contribution in [2.24, 2.45) is 10.9 Å². The smallest absolute Gasteiger partial charge is 0.233 e. The summed E-state index contributed by atoms with van der Waals surface area (Å²) in [6.45, 7) is 4.26. The Morgan fingerprint density at radius 1 is 1.20 bits per heavy atom. The number of nitrogens with zero attached hydrogens (tertiary/aromatic N) is 3. The standard InChI is InChI=1S/C10H20N4O/c11-10(12-15)14-7-4-9(8-14)13-5-2-1-3-6-13/h9,15H,1-8H2,(H2,11,12). The van der Waals surface area contributed by atoms with Crippen molar-refractivity contribution in [2.75, 3.05) is 26.2 Å². The molecule has 0 bridgehead atoms. The van der Waals surface area contributed by atoms with Gasteiger partial charge in [0.1, 0.15) is 0 Å². The zero-order chi connectivity index (χ0) is 10.7. The molecule has 1 atom stereocenters. The van der Waals surface area contributed by atoms with E-state index in [-0.39, 0.29) is 5.96 Å². The maximum Gasteiger partial charge on any atom is 0.233 e. The average molecular weight is 212 g/mol. The van der Waals surface area contributed by atoms with Gasteiger partial charge in [-0.1, -0.05) is 11.6 Å². The van der Waals surface area contributed by atoms with Crippen LogP contribution >= 0.6 is 0 Å². The summed E-state index contributed by atoms with van der Waals surface area (Å²) in [7, 11) is 0. The van der Waals surface area contributed by atoms with E-state index in [4.69, 9.17) is 10.9 Å². The van der Waals surface area contributed by atoms with Crippen molar-refractivity contribution in [2.45, 2.75) is 31.7 Å². The van der Waals surface area contributed by atoms with Crippen molar-refractivity contribution in [3.63, 3.8) is 0 Å². The van der Waals surface area contributed by atoms with Gasteiger partial charge in [-0.25, -0.2) is 0 Å². The molecule has 2 rings (SSSR count). The summed E-state index contributed by atoms with van der Waals surface area (Å²) in [5, 5.41) is 11.7. The molecule has 2 heterocycles. The summed E-state index contributed by atoms with van der Waals surface area (Å²) < 4.78 is 0. The van der Waals surface area contributed by atoms with E-state index in [0.717, 1.165) is 19.5 Å². The van der Waals surface area contributed by atoms with Gasteiger partial charge >= 0.3 is 0 Å². The highest BCUT2D eigenvalue weighted by molar-refractivity contribution is 5.77. The number of likely N-dealkylation sites (tertiary alicyclic amines) is 2. The fourth-order valence-corrected chi connectivity index (χ4v) is 2.59. The Balaban J connectivity index is 1.86. The van der Waals surface area contributed by atoms with Gasteiger partial charge < -0.3 is 15.8 Å². The van der Waals surface area contributed by atoms with Crippen LogP contribution in [0.3, 0.4) is 0 Å². The van der Waals surface area contributed by atoms with E-state index < -0.39 is 0 Å². The van der Waals surface area contributed by atoms with E-state index in [9.17, 15) is 0 Å². The minimum Gasteiger partial charge on any atom is -0.408 e. The normalized spacial score (nSPS) is 29.7. The van der Waals surface area contributed by atoms with Crippen molar-refractivity contribution >= 4 is 5.96 Å². The number of oxime groups is 1. The number of hydrogen-bond acceptors (Lipinski definition) is 3. The number of rotatable bonds is 1. The van der Waals surface area contributed by atoms with Crippen molar-refractivity contribution in [1.82, 2.24) is 9.80 Å². The summed E-state index contributed by atoms with van der Waals surface area (Å²) in [5.41, 5.74) is 5.58. The van der Waals surface area contributed by atoms with Crippen LogP contribution in [0, 0.1) is 0 Å². The minimum absolute atomic E-state index is 0.259. The highest BCUT2D eigenvalue weighted by atomic mass is 16.4. The quantitative estimate of drug-likeness (QED) is 0.283. The SMILES string of the molecule is NC(=NO)N1CCC(N2CCCCC2)C1. The lowest BCUT2D eigenvalue weighted by molar-refractivity contribution is 0.168. The highest BCUT2D eigenvalue weighted by Gasteiger charge is 2.29. The second kappa shape index (κ2) is 4.70. The Kier molecular flexibility index (Phi) is 3.30. The van der Waals surface area contributed by atoms with Crippen LogP contribution in [0.25, 0.3) is 0 Å². The van der Waals surface area contributed by atoms with Crippen molar-refractivity contribution in [3.05, 3.63) is 0 Å². The summed E-state index contributed by atoms with van der Waals surface area (Å²) in [6, 6.07) is 0.602. The van der Waals surface area contributed by atoms with Crippen LogP contribution in [0.4, 0.5) is 0 Å². The Hall–Kier alpha value is -0.970. The van der Waals surface area contributed by atoms with Gasteiger partial charge in [-0.05, 0) is 32.4 Å².